The van der Waals surface area contributed by atoms with Crippen molar-refractivity contribution in [1.82, 2.24) is 25.2 Å². The molecule has 28 heavy (non-hydrogen) atoms. The van der Waals surface area contributed by atoms with E-state index in [0.29, 0.717) is 10.3 Å². The molecule has 0 saturated carbocycles. The monoisotopic (exact) mass is 370 g/mol. The normalized spacial score (nSPS) is 9.71. The Balaban J connectivity index is 2.28. The Morgan fingerprint density at radius 2 is 1.32 bits per heavy atom. The molecule has 2 heterocycles. The summed E-state index contributed by atoms with van der Waals surface area (Å²) in [6, 6.07) is 28.1. The van der Waals surface area contributed by atoms with Crippen molar-refractivity contribution in [2.24, 2.45) is 5.73 Å². The van der Waals surface area contributed by atoms with Gasteiger partial charge < -0.3 is 5.73 Å². The van der Waals surface area contributed by atoms with Crippen LogP contribution in [0.4, 0.5) is 4.79 Å². The zero-order valence-corrected chi connectivity index (χ0v) is 15.0. The smallest absolute Gasteiger partial charge is 0.348 e. The van der Waals surface area contributed by atoms with Crippen LogP contribution < -0.4 is 5.73 Å². The standard InChI is InChI=1S/C21H18N6O/c22-21(28)27-25-20-19(24-26-27)18-15-13-11-9-7-5-3-1-2-4-6-8-10-12-14-17(18)16-23-20/h1-16H,(H2,22,28). The molecule has 0 bridgehead atoms. The fourth-order valence-corrected chi connectivity index (χ4v) is 2.31. The average molecular weight is 370 g/mol. The van der Waals surface area contributed by atoms with Gasteiger partial charge in [0, 0.05) is 17.0 Å². The number of amides is 1. The fraction of sp³-hybridized carbons (Fsp3) is 0. The van der Waals surface area contributed by atoms with Crippen LogP contribution in [0.15, 0.2) is 97.2 Å². The van der Waals surface area contributed by atoms with Gasteiger partial charge in [-0.25, -0.2) is 9.78 Å². The summed E-state index contributed by atoms with van der Waals surface area (Å²) in [6.45, 7) is 0. The van der Waals surface area contributed by atoms with Gasteiger partial charge >= 0.3 is 6.03 Å². The highest BCUT2D eigenvalue weighted by Crippen LogP contribution is 2.17. The highest BCUT2D eigenvalue weighted by atomic mass is 16.2. The third-order valence-corrected chi connectivity index (χ3v) is 3.59. The number of carbonyl (C=O) groups excluding carboxylic acids is 1. The number of primary amides is 1. The highest BCUT2D eigenvalue weighted by molar-refractivity contribution is 6.00. The van der Waals surface area contributed by atoms with Gasteiger partial charge in [-0.1, -0.05) is 95.8 Å². The summed E-state index contributed by atoms with van der Waals surface area (Å²) in [7, 11) is 0. The van der Waals surface area contributed by atoms with Crippen LogP contribution in [0.1, 0.15) is 0 Å². The molecule has 0 spiro atoms. The predicted octanol–water partition coefficient (Wildman–Crippen LogP) is 3.67. The van der Waals surface area contributed by atoms with Gasteiger partial charge in [-0.3, -0.25) is 0 Å². The van der Waals surface area contributed by atoms with Gasteiger partial charge in [0.2, 0.25) is 5.65 Å². The molecule has 0 unspecified atom stereocenters. The molecule has 138 valence electrons. The van der Waals surface area contributed by atoms with Crippen LogP contribution in [0.2, 0.25) is 0 Å². The Labute approximate surface area is 161 Å². The van der Waals surface area contributed by atoms with Gasteiger partial charge in [-0.05, 0) is 5.21 Å². The summed E-state index contributed by atoms with van der Waals surface area (Å²) in [5.41, 5.74) is 5.94. The molecule has 1 amide bonds. The second kappa shape index (κ2) is 9.54. The van der Waals surface area contributed by atoms with Crippen LogP contribution in [-0.2, 0) is 0 Å². The van der Waals surface area contributed by atoms with E-state index in [1.165, 1.54) is 0 Å². The van der Waals surface area contributed by atoms with Gasteiger partial charge in [-0.15, -0.1) is 10.2 Å². The number of nitrogens with two attached hydrogens (primary N) is 1. The fourth-order valence-electron chi connectivity index (χ4n) is 2.31. The van der Waals surface area contributed by atoms with Crippen molar-refractivity contribution in [3.63, 3.8) is 0 Å². The molecule has 3 rings (SSSR count). The first-order chi connectivity index (χ1) is 13.8. The van der Waals surface area contributed by atoms with E-state index in [-0.39, 0.29) is 5.65 Å². The molecule has 1 aromatic carbocycles. The SMILES string of the molecule is NC(=O)n1nnc2c(ncc3cccccccccccccccc32)n1. The lowest BCUT2D eigenvalue weighted by atomic mass is 10.2. The maximum absolute atomic E-state index is 11.3. The lowest BCUT2D eigenvalue weighted by molar-refractivity contribution is 0.242. The van der Waals surface area contributed by atoms with E-state index in [1.807, 2.05) is 91.0 Å². The third kappa shape index (κ3) is 4.95. The molecule has 0 aliphatic carbocycles. The van der Waals surface area contributed by atoms with Crippen LogP contribution in [0.5, 0.6) is 0 Å². The third-order valence-electron chi connectivity index (χ3n) is 3.59. The average Bonchev–Trinajstić information content (AvgIpc) is 2.70. The summed E-state index contributed by atoms with van der Waals surface area (Å²) in [6.07, 6.45) is 1.66. The highest BCUT2D eigenvalue weighted by Gasteiger charge is 2.07. The molecule has 0 fully saturated rings. The van der Waals surface area contributed by atoms with Crippen molar-refractivity contribution in [2.75, 3.05) is 0 Å². The van der Waals surface area contributed by atoms with Crippen molar-refractivity contribution < 1.29 is 4.79 Å². The minimum Gasteiger partial charge on any atom is -0.348 e. The molecule has 0 radical (unpaired) electrons. The van der Waals surface area contributed by atoms with Crippen LogP contribution in [0, 0.1) is 0 Å². The van der Waals surface area contributed by atoms with Gasteiger partial charge in [0.25, 0.3) is 0 Å². The minimum atomic E-state index is -0.825. The molecule has 7 heteroatoms. The maximum Gasteiger partial charge on any atom is 0.358 e. The first-order valence-electron chi connectivity index (χ1n) is 8.53. The van der Waals surface area contributed by atoms with Gasteiger partial charge in [0.15, 0.2) is 0 Å². The van der Waals surface area contributed by atoms with E-state index in [0.717, 1.165) is 10.8 Å². The molecule has 2 N–H and O–H groups in total. The quantitative estimate of drug-likeness (QED) is 0.651. The summed E-state index contributed by atoms with van der Waals surface area (Å²) < 4.78 is 0. The first kappa shape index (κ1) is 18.7. The number of aromatic nitrogens is 5. The van der Waals surface area contributed by atoms with E-state index in [2.05, 4.69) is 20.4 Å². The summed E-state index contributed by atoms with van der Waals surface area (Å²) in [4.78, 5) is 16.2. The first-order valence-corrected chi connectivity index (χ1v) is 8.53. The van der Waals surface area contributed by atoms with Crippen molar-refractivity contribution in [1.29, 1.82) is 0 Å². The Morgan fingerprint density at radius 3 is 1.89 bits per heavy atom. The topological polar surface area (TPSA) is 99.6 Å². The van der Waals surface area contributed by atoms with Gasteiger partial charge in [0.05, 0.1) is 0 Å². The van der Waals surface area contributed by atoms with Crippen LogP contribution >= 0.6 is 0 Å². The van der Waals surface area contributed by atoms with E-state index in [1.54, 1.807) is 6.20 Å². The number of nitrogens with zero attached hydrogens (tertiary/aromatic N) is 5. The van der Waals surface area contributed by atoms with E-state index < -0.39 is 6.03 Å². The molecule has 2 aromatic heterocycles. The molecule has 0 atom stereocenters. The predicted molar refractivity (Wildman–Crippen MR) is 108 cm³/mol. The lowest BCUT2D eigenvalue weighted by Crippen LogP contribution is -2.25. The van der Waals surface area contributed by atoms with Crippen molar-refractivity contribution in [3.8, 4) is 0 Å². The van der Waals surface area contributed by atoms with Crippen molar-refractivity contribution in [2.45, 2.75) is 0 Å². The van der Waals surface area contributed by atoms with Gasteiger partial charge in [-0.2, -0.15) is 0 Å². The number of rotatable bonds is 0. The molecular formula is C21H18N6O. The van der Waals surface area contributed by atoms with Gasteiger partial charge in [0.1, 0.15) is 5.52 Å². The van der Waals surface area contributed by atoms with Crippen LogP contribution in [0.3, 0.4) is 0 Å². The van der Waals surface area contributed by atoms with Crippen molar-refractivity contribution in [3.05, 3.63) is 97.2 Å². The Morgan fingerprint density at radius 1 is 0.786 bits per heavy atom. The molecule has 0 saturated heterocycles. The lowest BCUT2D eigenvalue weighted by Gasteiger charge is -2.01. The van der Waals surface area contributed by atoms with Crippen LogP contribution in [0.25, 0.3) is 21.9 Å². The molecule has 0 aliphatic rings. The number of hydrogen-bond acceptors (Lipinski definition) is 5. The number of fused-ring (bicyclic) bond motifs is 3. The molecule has 3 aromatic rings. The largest absolute Gasteiger partial charge is 0.358 e. The number of hydrogen-bond donors (Lipinski definition) is 1. The van der Waals surface area contributed by atoms with E-state index >= 15 is 0 Å². The Hall–Kier alpha value is -4.13. The maximum atomic E-state index is 11.3. The molecule has 7 nitrogen and oxygen atoms in total. The van der Waals surface area contributed by atoms with Crippen molar-refractivity contribution >= 4 is 28.0 Å². The zero-order chi connectivity index (χ0) is 19.6. The second-order valence-corrected chi connectivity index (χ2v) is 5.55. The second-order valence-electron chi connectivity index (χ2n) is 5.55. The zero-order valence-electron chi connectivity index (χ0n) is 15.0. The molecule has 0 aliphatic heterocycles. The minimum absolute atomic E-state index is 0.277. The van der Waals surface area contributed by atoms with Crippen LogP contribution in [-0.4, -0.2) is 31.2 Å². The number of carbonyl (C=O) groups is 1. The molecular weight excluding hydrogens is 352 g/mol. The number of pyridine rings is 1. The summed E-state index contributed by atoms with van der Waals surface area (Å²) in [5.74, 6) is 0. The van der Waals surface area contributed by atoms with E-state index in [9.17, 15) is 4.79 Å². The Bertz CT molecular complexity index is 1170. The summed E-state index contributed by atoms with van der Waals surface area (Å²) in [5, 5.41) is 13.4. The summed E-state index contributed by atoms with van der Waals surface area (Å²) >= 11 is 0. The Kier molecular flexibility index (Phi) is 6.35. The van der Waals surface area contributed by atoms with E-state index in [4.69, 9.17) is 5.73 Å².